The Labute approximate surface area is 148 Å². The maximum atomic E-state index is 12.7. The SMILES string of the molecule is CCCn1c(N)c(NC(=O)c2ccc(Cl)nc2)c(=O)n(C2CC2)c1=O. The zero-order valence-corrected chi connectivity index (χ0v) is 14.4. The third-order valence-corrected chi connectivity index (χ3v) is 4.23. The average Bonchev–Trinajstić information content (AvgIpc) is 3.41. The fraction of sp³-hybridized carbons (Fsp3) is 0.375. The van der Waals surface area contributed by atoms with Gasteiger partial charge in [-0.2, -0.15) is 0 Å². The number of carbonyl (C=O) groups is 1. The van der Waals surface area contributed by atoms with Gasteiger partial charge >= 0.3 is 5.69 Å². The van der Waals surface area contributed by atoms with E-state index in [-0.39, 0.29) is 28.3 Å². The monoisotopic (exact) mass is 363 g/mol. The summed E-state index contributed by atoms with van der Waals surface area (Å²) in [5.41, 5.74) is 5.15. The maximum Gasteiger partial charge on any atom is 0.332 e. The number of amides is 1. The van der Waals surface area contributed by atoms with Gasteiger partial charge in [0.25, 0.3) is 11.5 Å². The van der Waals surface area contributed by atoms with Crippen LogP contribution in [0.15, 0.2) is 27.9 Å². The summed E-state index contributed by atoms with van der Waals surface area (Å²) >= 11 is 5.71. The molecule has 1 aliphatic rings. The lowest BCUT2D eigenvalue weighted by atomic mass is 10.2. The molecule has 3 N–H and O–H groups in total. The third kappa shape index (κ3) is 3.30. The van der Waals surface area contributed by atoms with Crippen molar-refractivity contribution in [3.63, 3.8) is 0 Å². The first kappa shape index (κ1) is 17.2. The predicted octanol–water partition coefficient (Wildman–Crippen LogP) is 1.64. The summed E-state index contributed by atoms with van der Waals surface area (Å²) in [5, 5.41) is 2.78. The maximum absolute atomic E-state index is 12.7. The number of carbonyl (C=O) groups excluding carboxylic acids is 1. The molecule has 0 atom stereocenters. The predicted molar refractivity (Wildman–Crippen MR) is 95.1 cm³/mol. The van der Waals surface area contributed by atoms with Crippen molar-refractivity contribution in [3.05, 3.63) is 49.9 Å². The first-order valence-corrected chi connectivity index (χ1v) is 8.39. The van der Waals surface area contributed by atoms with Crippen LogP contribution in [0, 0.1) is 0 Å². The Morgan fingerprint density at radius 2 is 2.12 bits per heavy atom. The molecule has 2 aromatic heterocycles. The Morgan fingerprint density at radius 1 is 1.40 bits per heavy atom. The van der Waals surface area contributed by atoms with Crippen LogP contribution >= 0.6 is 11.6 Å². The second-order valence-corrected chi connectivity index (χ2v) is 6.31. The lowest BCUT2D eigenvalue weighted by Crippen LogP contribution is -2.42. The average molecular weight is 364 g/mol. The standard InChI is InChI=1S/C16H18ClN5O3/c1-2-7-21-13(18)12(15(24)22(16(21)25)10-4-5-10)20-14(23)9-3-6-11(17)19-8-9/h3,6,8,10H,2,4-5,7,18H2,1H3,(H,20,23). The molecule has 1 amide bonds. The second kappa shape index (κ2) is 6.72. The summed E-state index contributed by atoms with van der Waals surface area (Å²) in [6, 6.07) is 2.83. The highest BCUT2D eigenvalue weighted by Gasteiger charge is 2.30. The first-order valence-electron chi connectivity index (χ1n) is 8.01. The molecule has 1 saturated carbocycles. The molecule has 2 heterocycles. The van der Waals surface area contributed by atoms with E-state index in [4.69, 9.17) is 17.3 Å². The zero-order chi connectivity index (χ0) is 18.1. The van der Waals surface area contributed by atoms with E-state index < -0.39 is 17.2 Å². The number of nitrogens with zero attached hydrogens (tertiary/aromatic N) is 3. The molecule has 0 spiro atoms. The minimum Gasteiger partial charge on any atom is -0.383 e. The van der Waals surface area contributed by atoms with E-state index in [1.807, 2.05) is 6.92 Å². The summed E-state index contributed by atoms with van der Waals surface area (Å²) in [7, 11) is 0. The molecule has 2 aromatic rings. The molecule has 25 heavy (non-hydrogen) atoms. The number of rotatable bonds is 5. The molecule has 3 rings (SSSR count). The molecule has 1 aliphatic carbocycles. The lowest BCUT2D eigenvalue weighted by molar-refractivity contribution is 0.102. The van der Waals surface area contributed by atoms with E-state index in [0.717, 1.165) is 12.8 Å². The zero-order valence-electron chi connectivity index (χ0n) is 13.7. The van der Waals surface area contributed by atoms with Crippen molar-refractivity contribution in [2.24, 2.45) is 0 Å². The van der Waals surface area contributed by atoms with Gasteiger partial charge in [-0.3, -0.25) is 18.7 Å². The molecule has 0 bridgehead atoms. The Bertz CT molecular complexity index is 929. The number of halogens is 1. The number of nitrogens with one attached hydrogen (secondary N) is 1. The van der Waals surface area contributed by atoms with E-state index in [0.29, 0.717) is 13.0 Å². The van der Waals surface area contributed by atoms with Crippen LogP contribution in [-0.4, -0.2) is 20.0 Å². The van der Waals surface area contributed by atoms with E-state index in [2.05, 4.69) is 10.3 Å². The van der Waals surface area contributed by atoms with Gasteiger partial charge in [0.05, 0.1) is 5.56 Å². The van der Waals surface area contributed by atoms with Gasteiger partial charge in [0.2, 0.25) is 0 Å². The normalized spacial score (nSPS) is 13.7. The van der Waals surface area contributed by atoms with E-state index >= 15 is 0 Å². The van der Waals surface area contributed by atoms with Gasteiger partial charge in [-0.05, 0) is 31.4 Å². The van der Waals surface area contributed by atoms with Crippen LogP contribution in [0.1, 0.15) is 42.6 Å². The topological polar surface area (TPSA) is 112 Å². The van der Waals surface area contributed by atoms with E-state index in [1.165, 1.54) is 27.5 Å². The highest BCUT2D eigenvalue weighted by atomic mass is 35.5. The molecule has 8 nitrogen and oxygen atoms in total. The summed E-state index contributed by atoms with van der Waals surface area (Å²) in [6.07, 6.45) is 3.50. The summed E-state index contributed by atoms with van der Waals surface area (Å²) in [4.78, 5) is 41.5. The van der Waals surface area contributed by atoms with Crippen molar-refractivity contribution in [1.29, 1.82) is 0 Å². The molecule has 0 radical (unpaired) electrons. The van der Waals surface area contributed by atoms with Crippen LogP contribution in [0.25, 0.3) is 0 Å². The first-order chi connectivity index (χ1) is 11.9. The van der Waals surface area contributed by atoms with Gasteiger partial charge in [0.15, 0.2) is 0 Å². The minimum atomic E-state index is -0.576. The number of hydrogen-bond acceptors (Lipinski definition) is 5. The van der Waals surface area contributed by atoms with E-state index in [9.17, 15) is 14.4 Å². The van der Waals surface area contributed by atoms with Crippen LogP contribution in [0.2, 0.25) is 5.15 Å². The molecule has 0 saturated heterocycles. The molecule has 132 valence electrons. The van der Waals surface area contributed by atoms with Crippen molar-refractivity contribution in [1.82, 2.24) is 14.1 Å². The van der Waals surface area contributed by atoms with Gasteiger partial charge < -0.3 is 11.1 Å². The molecule has 9 heteroatoms. The number of hydrogen-bond donors (Lipinski definition) is 2. The Kier molecular flexibility index (Phi) is 4.63. The van der Waals surface area contributed by atoms with Crippen molar-refractivity contribution in [2.75, 3.05) is 11.1 Å². The molecule has 0 aliphatic heterocycles. The Morgan fingerprint density at radius 3 is 2.68 bits per heavy atom. The van der Waals surface area contributed by atoms with Gasteiger partial charge in [0.1, 0.15) is 16.7 Å². The fourth-order valence-electron chi connectivity index (χ4n) is 2.59. The molecule has 0 unspecified atom stereocenters. The highest BCUT2D eigenvalue weighted by molar-refractivity contribution is 6.29. The third-order valence-electron chi connectivity index (χ3n) is 4.00. The smallest absolute Gasteiger partial charge is 0.332 e. The van der Waals surface area contributed by atoms with Crippen LogP contribution in [0.4, 0.5) is 11.5 Å². The minimum absolute atomic E-state index is 0.0379. The van der Waals surface area contributed by atoms with Crippen molar-refractivity contribution >= 4 is 29.0 Å². The van der Waals surface area contributed by atoms with Gasteiger partial charge in [-0.25, -0.2) is 9.78 Å². The van der Waals surface area contributed by atoms with Crippen LogP contribution < -0.4 is 22.3 Å². The lowest BCUT2D eigenvalue weighted by Gasteiger charge is -2.16. The second-order valence-electron chi connectivity index (χ2n) is 5.92. The Balaban J connectivity index is 2.05. The summed E-state index contributed by atoms with van der Waals surface area (Å²) < 4.78 is 2.51. The largest absolute Gasteiger partial charge is 0.383 e. The number of pyridine rings is 1. The number of aromatic nitrogens is 3. The number of nitrogen functional groups attached to an aromatic ring is 1. The molecular formula is C16H18ClN5O3. The van der Waals surface area contributed by atoms with Crippen molar-refractivity contribution in [3.8, 4) is 0 Å². The summed E-state index contributed by atoms with van der Waals surface area (Å²) in [6.45, 7) is 2.26. The molecule has 0 aromatic carbocycles. The Hall–Kier alpha value is -2.61. The number of nitrogens with two attached hydrogens (primary N) is 1. The molecule has 1 fully saturated rings. The van der Waals surface area contributed by atoms with Crippen molar-refractivity contribution in [2.45, 2.75) is 38.8 Å². The van der Waals surface area contributed by atoms with Gasteiger partial charge in [0, 0.05) is 18.8 Å². The van der Waals surface area contributed by atoms with E-state index in [1.54, 1.807) is 0 Å². The van der Waals surface area contributed by atoms with Crippen molar-refractivity contribution < 1.29 is 4.79 Å². The van der Waals surface area contributed by atoms with Crippen LogP contribution in [-0.2, 0) is 6.54 Å². The fourth-order valence-corrected chi connectivity index (χ4v) is 2.70. The van der Waals surface area contributed by atoms with Gasteiger partial charge in [-0.15, -0.1) is 0 Å². The van der Waals surface area contributed by atoms with Crippen LogP contribution in [0.3, 0.4) is 0 Å². The molecular weight excluding hydrogens is 346 g/mol. The summed E-state index contributed by atoms with van der Waals surface area (Å²) in [5.74, 6) is -0.582. The van der Waals surface area contributed by atoms with Gasteiger partial charge in [-0.1, -0.05) is 18.5 Å². The quantitative estimate of drug-likeness (QED) is 0.784. The van der Waals surface area contributed by atoms with Crippen LogP contribution in [0.5, 0.6) is 0 Å². The highest BCUT2D eigenvalue weighted by Crippen LogP contribution is 2.32. The number of anilines is 2.